The van der Waals surface area contributed by atoms with E-state index >= 15 is 0 Å². The van der Waals surface area contributed by atoms with Crippen LogP contribution in [0, 0.1) is 0 Å². The van der Waals surface area contributed by atoms with E-state index < -0.39 is 11.3 Å². The predicted octanol–water partition coefficient (Wildman–Crippen LogP) is 2.87. The SMILES string of the molecule is NC(=O)COc1ccc(NC(=O)C2(c3ccc(Cl)cc3)CC2)cc1. The second-order valence-corrected chi connectivity index (χ2v) is 6.26. The number of nitrogens with two attached hydrogens (primary N) is 1. The highest BCUT2D eigenvalue weighted by atomic mass is 35.5. The zero-order chi connectivity index (χ0) is 17.2. The van der Waals surface area contributed by atoms with Gasteiger partial charge in [-0.15, -0.1) is 0 Å². The second kappa shape index (κ2) is 6.53. The predicted molar refractivity (Wildman–Crippen MR) is 92.1 cm³/mol. The molecule has 1 aliphatic carbocycles. The number of primary amides is 1. The van der Waals surface area contributed by atoms with Crippen molar-refractivity contribution in [1.29, 1.82) is 0 Å². The van der Waals surface area contributed by atoms with Crippen molar-refractivity contribution in [2.24, 2.45) is 5.73 Å². The van der Waals surface area contributed by atoms with Crippen LogP contribution in [0.3, 0.4) is 0 Å². The molecule has 0 atom stereocenters. The average molecular weight is 345 g/mol. The number of halogens is 1. The lowest BCUT2D eigenvalue weighted by Crippen LogP contribution is -2.27. The summed E-state index contributed by atoms with van der Waals surface area (Å²) in [6.45, 7) is -0.175. The normalized spacial score (nSPS) is 14.7. The molecule has 1 fully saturated rings. The Morgan fingerprint density at radius 2 is 1.71 bits per heavy atom. The van der Waals surface area contributed by atoms with Gasteiger partial charge < -0.3 is 15.8 Å². The van der Waals surface area contributed by atoms with Crippen molar-refractivity contribution < 1.29 is 14.3 Å². The molecule has 124 valence electrons. The molecule has 3 rings (SSSR count). The van der Waals surface area contributed by atoms with Crippen LogP contribution in [-0.4, -0.2) is 18.4 Å². The Bertz CT molecular complexity index is 753. The van der Waals surface area contributed by atoms with E-state index in [1.807, 2.05) is 12.1 Å². The molecule has 0 heterocycles. The largest absolute Gasteiger partial charge is 0.484 e. The molecule has 1 aliphatic rings. The Hall–Kier alpha value is -2.53. The maximum atomic E-state index is 12.6. The summed E-state index contributed by atoms with van der Waals surface area (Å²) in [5, 5.41) is 3.58. The van der Waals surface area contributed by atoms with E-state index in [2.05, 4.69) is 5.32 Å². The van der Waals surface area contributed by atoms with Gasteiger partial charge in [0.25, 0.3) is 5.91 Å². The standard InChI is InChI=1S/C18H17ClN2O3/c19-13-3-1-12(2-4-13)18(9-10-18)17(23)21-14-5-7-15(8-6-14)24-11-16(20)22/h1-8H,9-11H2,(H2,20,22)(H,21,23). The van der Waals surface area contributed by atoms with Crippen molar-refractivity contribution >= 4 is 29.1 Å². The van der Waals surface area contributed by atoms with E-state index in [9.17, 15) is 9.59 Å². The van der Waals surface area contributed by atoms with Gasteiger partial charge in [0.2, 0.25) is 5.91 Å². The Balaban J connectivity index is 1.66. The first-order chi connectivity index (χ1) is 11.5. The van der Waals surface area contributed by atoms with Crippen LogP contribution in [0.4, 0.5) is 5.69 Å². The van der Waals surface area contributed by atoms with Crippen LogP contribution in [0.5, 0.6) is 5.75 Å². The number of anilines is 1. The highest BCUT2D eigenvalue weighted by Gasteiger charge is 2.51. The number of hydrogen-bond donors (Lipinski definition) is 2. The quantitative estimate of drug-likeness (QED) is 0.845. The maximum absolute atomic E-state index is 12.6. The van der Waals surface area contributed by atoms with E-state index in [1.54, 1.807) is 36.4 Å². The molecule has 2 amide bonds. The summed E-state index contributed by atoms with van der Waals surface area (Å²) in [6.07, 6.45) is 1.64. The number of nitrogens with one attached hydrogen (secondary N) is 1. The molecule has 0 saturated heterocycles. The van der Waals surface area contributed by atoms with Crippen LogP contribution >= 0.6 is 11.6 Å². The monoisotopic (exact) mass is 344 g/mol. The number of amides is 2. The van der Waals surface area contributed by atoms with E-state index in [4.69, 9.17) is 22.1 Å². The topological polar surface area (TPSA) is 81.4 Å². The number of rotatable bonds is 6. The number of carbonyl (C=O) groups is 2. The summed E-state index contributed by atoms with van der Waals surface area (Å²) in [5.41, 5.74) is 6.21. The van der Waals surface area contributed by atoms with E-state index in [-0.39, 0.29) is 12.5 Å². The van der Waals surface area contributed by atoms with Crippen LogP contribution in [0.2, 0.25) is 5.02 Å². The van der Waals surface area contributed by atoms with Gasteiger partial charge in [-0.1, -0.05) is 23.7 Å². The average Bonchev–Trinajstić information content (AvgIpc) is 3.37. The molecule has 0 aromatic heterocycles. The molecule has 24 heavy (non-hydrogen) atoms. The molecule has 0 unspecified atom stereocenters. The van der Waals surface area contributed by atoms with Crippen molar-refractivity contribution in [1.82, 2.24) is 0 Å². The van der Waals surface area contributed by atoms with E-state index in [0.29, 0.717) is 16.5 Å². The van der Waals surface area contributed by atoms with Gasteiger partial charge in [0.05, 0.1) is 5.41 Å². The summed E-state index contributed by atoms with van der Waals surface area (Å²) in [7, 11) is 0. The number of hydrogen-bond acceptors (Lipinski definition) is 3. The fraction of sp³-hybridized carbons (Fsp3) is 0.222. The van der Waals surface area contributed by atoms with E-state index in [1.165, 1.54) is 0 Å². The first kappa shape index (κ1) is 16.3. The lowest BCUT2D eigenvalue weighted by Gasteiger charge is -2.16. The molecule has 0 bridgehead atoms. The molecule has 0 radical (unpaired) electrons. The third-order valence-corrected chi connectivity index (χ3v) is 4.33. The summed E-state index contributed by atoms with van der Waals surface area (Å²) in [4.78, 5) is 23.3. The lowest BCUT2D eigenvalue weighted by molar-refractivity contribution is -0.120. The minimum absolute atomic E-state index is 0.0318. The van der Waals surface area contributed by atoms with Gasteiger partial charge in [0, 0.05) is 10.7 Å². The zero-order valence-electron chi connectivity index (χ0n) is 12.9. The third-order valence-electron chi connectivity index (χ3n) is 4.07. The van der Waals surface area contributed by atoms with Gasteiger partial charge >= 0.3 is 0 Å². The molecular formula is C18H17ClN2O3. The molecule has 6 heteroatoms. The van der Waals surface area contributed by atoms with Crippen molar-refractivity contribution in [2.75, 3.05) is 11.9 Å². The molecule has 2 aromatic carbocycles. The van der Waals surface area contributed by atoms with Gasteiger partial charge in [-0.2, -0.15) is 0 Å². The van der Waals surface area contributed by atoms with Crippen LogP contribution in [-0.2, 0) is 15.0 Å². The first-order valence-corrected chi connectivity index (χ1v) is 7.96. The zero-order valence-corrected chi connectivity index (χ0v) is 13.7. The smallest absolute Gasteiger partial charge is 0.255 e. The van der Waals surface area contributed by atoms with Gasteiger partial charge in [-0.3, -0.25) is 9.59 Å². The van der Waals surface area contributed by atoms with E-state index in [0.717, 1.165) is 18.4 Å². The van der Waals surface area contributed by atoms with Crippen LogP contribution in [0.1, 0.15) is 18.4 Å². The molecule has 0 spiro atoms. The Labute approximate surface area is 144 Å². The molecular weight excluding hydrogens is 328 g/mol. The van der Waals surface area contributed by atoms with Crippen molar-refractivity contribution in [3.63, 3.8) is 0 Å². The van der Waals surface area contributed by atoms with Crippen molar-refractivity contribution in [3.8, 4) is 5.75 Å². The minimum atomic E-state index is -0.536. The molecule has 2 aromatic rings. The molecule has 1 saturated carbocycles. The highest BCUT2D eigenvalue weighted by molar-refractivity contribution is 6.30. The Morgan fingerprint density at radius 3 is 2.25 bits per heavy atom. The minimum Gasteiger partial charge on any atom is -0.484 e. The lowest BCUT2D eigenvalue weighted by atomic mass is 9.95. The number of carbonyl (C=O) groups excluding carboxylic acids is 2. The number of ether oxygens (including phenoxy) is 1. The van der Waals surface area contributed by atoms with Crippen molar-refractivity contribution in [3.05, 3.63) is 59.1 Å². The third kappa shape index (κ3) is 3.51. The first-order valence-electron chi connectivity index (χ1n) is 7.58. The Kier molecular flexibility index (Phi) is 4.44. The van der Waals surface area contributed by atoms with Crippen LogP contribution < -0.4 is 15.8 Å². The molecule has 3 N–H and O–H groups in total. The summed E-state index contributed by atoms with van der Waals surface area (Å²) in [5.74, 6) is -0.0488. The van der Waals surface area contributed by atoms with Gasteiger partial charge in [0.1, 0.15) is 5.75 Å². The van der Waals surface area contributed by atoms with Gasteiger partial charge in [-0.25, -0.2) is 0 Å². The second-order valence-electron chi connectivity index (χ2n) is 5.82. The van der Waals surface area contributed by atoms with Gasteiger partial charge in [-0.05, 0) is 54.8 Å². The maximum Gasteiger partial charge on any atom is 0.255 e. The van der Waals surface area contributed by atoms with Crippen LogP contribution in [0.25, 0.3) is 0 Å². The fourth-order valence-electron chi connectivity index (χ4n) is 2.58. The van der Waals surface area contributed by atoms with Gasteiger partial charge in [0.15, 0.2) is 6.61 Å². The Morgan fingerprint density at radius 1 is 1.08 bits per heavy atom. The van der Waals surface area contributed by atoms with Crippen molar-refractivity contribution in [2.45, 2.75) is 18.3 Å². The highest BCUT2D eigenvalue weighted by Crippen LogP contribution is 2.49. The summed E-state index contributed by atoms with van der Waals surface area (Å²) < 4.78 is 5.19. The molecule has 0 aliphatic heterocycles. The fourth-order valence-corrected chi connectivity index (χ4v) is 2.71. The summed E-state index contributed by atoms with van der Waals surface area (Å²) in [6, 6.07) is 14.2. The molecule has 5 nitrogen and oxygen atoms in total. The summed E-state index contributed by atoms with van der Waals surface area (Å²) >= 11 is 5.91. The van der Waals surface area contributed by atoms with Crippen LogP contribution in [0.15, 0.2) is 48.5 Å². The number of benzene rings is 2.